The summed E-state index contributed by atoms with van der Waals surface area (Å²) in [6.45, 7) is 4.50. The molecule has 2 aromatic rings. The maximum atomic E-state index is 12.7. The quantitative estimate of drug-likeness (QED) is 0.826. The lowest BCUT2D eigenvalue weighted by molar-refractivity contribution is -0.141. The number of pyridine rings is 1. The Morgan fingerprint density at radius 1 is 1.39 bits per heavy atom. The zero-order valence-electron chi connectivity index (χ0n) is 15.7. The molecule has 0 radical (unpaired) electrons. The largest absolute Gasteiger partial charge is 0.494 e. The van der Waals surface area contributed by atoms with E-state index in [1.54, 1.807) is 4.68 Å². The number of anilines is 1. The Kier molecular flexibility index (Phi) is 5.43. The minimum Gasteiger partial charge on any atom is -0.494 e. The van der Waals surface area contributed by atoms with Crippen LogP contribution in [0.1, 0.15) is 43.5 Å². The fourth-order valence-corrected chi connectivity index (χ4v) is 2.89. The van der Waals surface area contributed by atoms with Crippen molar-refractivity contribution in [3.63, 3.8) is 0 Å². The van der Waals surface area contributed by atoms with Crippen LogP contribution >= 0.6 is 0 Å². The fourth-order valence-electron chi connectivity index (χ4n) is 2.89. The van der Waals surface area contributed by atoms with Crippen molar-refractivity contribution in [2.24, 2.45) is 0 Å². The molecule has 2 amide bonds. The number of hydrogen-bond acceptors (Lipinski definition) is 5. The molecule has 1 atom stereocenters. The second-order valence-corrected chi connectivity index (χ2v) is 6.82. The Balaban J connectivity index is 1.64. The zero-order valence-corrected chi connectivity index (χ0v) is 15.7. The highest BCUT2D eigenvalue weighted by molar-refractivity contribution is 5.90. The fraction of sp³-hybridized carbons (Fsp3) is 0.529. The molecule has 11 heteroatoms. The van der Waals surface area contributed by atoms with Crippen LogP contribution in [0.4, 0.5) is 23.7 Å². The molecule has 0 aromatic carbocycles. The number of nitrogens with zero attached hydrogens (tertiary/aromatic N) is 4. The summed E-state index contributed by atoms with van der Waals surface area (Å²) in [6, 6.07) is 0.00542. The molecule has 3 rings (SSSR count). The van der Waals surface area contributed by atoms with Crippen molar-refractivity contribution in [3.8, 4) is 5.75 Å². The van der Waals surface area contributed by atoms with E-state index in [0.29, 0.717) is 19.4 Å². The summed E-state index contributed by atoms with van der Waals surface area (Å²) in [4.78, 5) is 20.1. The van der Waals surface area contributed by atoms with E-state index in [1.165, 1.54) is 7.11 Å². The number of aryl methyl sites for hydroxylation is 1. The number of nitrogens with one attached hydrogen (secondary N) is 2. The smallest absolute Gasteiger partial charge is 0.433 e. The summed E-state index contributed by atoms with van der Waals surface area (Å²) in [7, 11) is 1.22. The number of methoxy groups -OCH3 is 1. The van der Waals surface area contributed by atoms with Crippen LogP contribution in [-0.2, 0) is 19.1 Å². The summed E-state index contributed by atoms with van der Waals surface area (Å²) >= 11 is 0. The normalized spacial score (nSPS) is 16.6. The number of alkyl halides is 3. The van der Waals surface area contributed by atoms with Crippen molar-refractivity contribution in [2.75, 3.05) is 12.4 Å². The average molecular weight is 398 g/mol. The van der Waals surface area contributed by atoms with Gasteiger partial charge in [0.1, 0.15) is 23.0 Å². The standard InChI is InChI=1S/C17H21F3N6O2/c1-9(2)15-24-14-5-4-10(8-26(14)25-15)22-16(27)23-11-7-21-13(17(18,19)20)6-12(11)28-3/h6-7,9-10H,4-5,8H2,1-3H3,(H2,22,23,27)/t10-/m1/s1. The van der Waals surface area contributed by atoms with Gasteiger partial charge >= 0.3 is 12.2 Å². The number of aromatic nitrogens is 4. The number of rotatable bonds is 4. The Morgan fingerprint density at radius 2 is 2.14 bits per heavy atom. The van der Waals surface area contributed by atoms with Crippen molar-refractivity contribution < 1.29 is 22.7 Å². The Labute approximate surface area is 159 Å². The van der Waals surface area contributed by atoms with E-state index in [4.69, 9.17) is 4.74 Å². The van der Waals surface area contributed by atoms with E-state index in [9.17, 15) is 18.0 Å². The molecule has 0 fully saturated rings. The highest BCUT2D eigenvalue weighted by Gasteiger charge is 2.33. The van der Waals surface area contributed by atoms with Gasteiger partial charge in [-0.15, -0.1) is 0 Å². The van der Waals surface area contributed by atoms with Gasteiger partial charge in [0.25, 0.3) is 0 Å². The van der Waals surface area contributed by atoms with Crippen LogP contribution in [0, 0.1) is 0 Å². The van der Waals surface area contributed by atoms with E-state index in [2.05, 4.69) is 25.7 Å². The molecule has 28 heavy (non-hydrogen) atoms. The van der Waals surface area contributed by atoms with Gasteiger partial charge in [-0.05, 0) is 6.42 Å². The molecule has 0 saturated carbocycles. The van der Waals surface area contributed by atoms with Crippen LogP contribution in [0.15, 0.2) is 12.3 Å². The number of ether oxygens (including phenoxy) is 1. The van der Waals surface area contributed by atoms with Gasteiger partial charge in [0, 0.05) is 18.4 Å². The third-order valence-electron chi connectivity index (χ3n) is 4.35. The maximum absolute atomic E-state index is 12.7. The van der Waals surface area contributed by atoms with Gasteiger partial charge in [0.15, 0.2) is 5.82 Å². The van der Waals surface area contributed by atoms with Crippen molar-refractivity contribution in [3.05, 3.63) is 29.6 Å². The predicted octanol–water partition coefficient (Wildman–Crippen LogP) is 2.96. The first-order chi connectivity index (χ1) is 13.2. The van der Waals surface area contributed by atoms with Crippen LogP contribution in [0.3, 0.4) is 0 Å². The van der Waals surface area contributed by atoms with Gasteiger partial charge in [-0.25, -0.2) is 19.4 Å². The Morgan fingerprint density at radius 3 is 2.79 bits per heavy atom. The van der Waals surface area contributed by atoms with Crippen molar-refractivity contribution in [2.45, 2.75) is 51.4 Å². The van der Waals surface area contributed by atoms with Gasteiger partial charge in [0.05, 0.1) is 25.9 Å². The van der Waals surface area contributed by atoms with E-state index >= 15 is 0 Å². The molecule has 1 aliphatic heterocycles. The minimum atomic E-state index is -4.60. The number of hydrogen-bond donors (Lipinski definition) is 2. The second kappa shape index (κ2) is 7.64. The molecular formula is C17H21F3N6O2. The molecule has 0 saturated heterocycles. The van der Waals surface area contributed by atoms with Gasteiger partial charge in [-0.3, -0.25) is 0 Å². The van der Waals surface area contributed by atoms with Crippen molar-refractivity contribution >= 4 is 11.7 Å². The molecular weight excluding hydrogens is 377 g/mol. The van der Waals surface area contributed by atoms with Gasteiger partial charge < -0.3 is 15.4 Å². The average Bonchev–Trinajstić information content (AvgIpc) is 3.04. The second-order valence-electron chi connectivity index (χ2n) is 6.82. The molecule has 0 unspecified atom stereocenters. The van der Waals surface area contributed by atoms with Crippen LogP contribution in [0.25, 0.3) is 0 Å². The third-order valence-corrected chi connectivity index (χ3v) is 4.35. The van der Waals surface area contributed by atoms with E-state index in [0.717, 1.165) is 23.9 Å². The molecule has 0 spiro atoms. The van der Waals surface area contributed by atoms with E-state index in [-0.39, 0.29) is 23.4 Å². The lowest BCUT2D eigenvalue weighted by Gasteiger charge is -2.23. The third kappa shape index (κ3) is 4.34. The van der Waals surface area contributed by atoms with Crippen LogP contribution in [0.5, 0.6) is 5.75 Å². The molecule has 0 bridgehead atoms. The summed E-state index contributed by atoms with van der Waals surface area (Å²) in [5.74, 6) is 1.74. The minimum absolute atomic E-state index is 0.0485. The topological polar surface area (TPSA) is 94.0 Å². The molecule has 1 aliphatic rings. The first-order valence-corrected chi connectivity index (χ1v) is 8.79. The predicted molar refractivity (Wildman–Crippen MR) is 94.2 cm³/mol. The highest BCUT2D eigenvalue weighted by Crippen LogP contribution is 2.33. The number of halogens is 3. The monoisotopic (exact) mass is 398 g/mol. The number of amides is 2. The maximum Gasteiger partial charge on any atom is 0.433 e. The van der Waals surface area contributed by atoms with Gasteiger partial charge in [-0.1, -0.05) is 13.8 Å². The molecule has 2 aromatic heterocycles. The lowest BCUT2D eigenvalue weighted by atomic mass is 10.1. The Hall–Kier alpha value is -2.85. The number of fused-ring (bicyclic) bond motifs is 1. The SMILES string of the molecule is COc1cc(C(F)(F)F)ncc1NC(=O)N[C@@H]1CCc2nc(C(C)C)nn2C1. The molecule has 8 nitrogen and oxygen atoms in total. The van der Waals surface area contributed by atoms with Crippen LogP contribution in [-0.4, -0.2) is 38.9 Å². The van der Waals surface area contributed by atoms with Crippen LogP contribution in [0.2, 0.25) is 0 Å². The van der Waals surface area contributed by atoms with Crippen LogP contribution < -0.4 is 15.4 Å². The van der Waals surface area contributed by atoms with E-state index in [1.807, 2.05) is 13.8 Å². The van der Waals surface area contributed by atoms with E-state index < -0.39 is 17.9 Å². The number of urea groups is 1. The molecule has 2 N–H and O–H groups in total. The number of carbonyl (C=O) groups is 1. The van der Waals surface area contributed by atoms with Crippen molar-refractivity contribution in [1.29, 1.82) is 0 Å². The lowest BCUT2D eigenvalue weighted by Crippen LogP contribution is -2.43. The van der Waals surface area contributed by atoms with Crippen molar-refractivity contribution in [1.82, 2.24) is 25.1 Å². The molecule has 3 heterocycles. The first kappa shape index (κ1) is 19.9. The highest BCUT2D eigenvalue weighted by atomic mass is 19.4. The summed E-state index contributed by atoms with van der Waals surface area (Å²) in [5, 5.41) is 9.73. The van der Waals surface area contributed by atoms with Gasteiger partial charge in [0.2, 0.25) is 0 Å². The summed E-state index contributed by atoms with van der Waals surface area (Å²) < 4.78 is 45.0. The zero-order chi connectivity index (χ0) is 20.5. The summed E-state index contributed by atoms with van der Waals surface area (Å²) in [5.41, 5.74) is -1.05. The van der Waals surface area contributed by atoms with Gasteiger partial charge in [-0.2, -0.15) is 18.3 Å². The first-order valence-electron chi connectivity index (χ1n) is 8.79. The Bertz CT molecular complexity index is 865. The molecule has 0 aliphatic carbocycles. The number of carbonyl (C=O) groups excluding carboxylic acids is 1. The molecule has 152 valence electrons. The summed E-state index contributed by atoms with van der Waals surface area (Å²) in [6.07, 6.45) is -2.31.